The van der Waals surface area contributed by atoms with E-state index in [0.717, 1.165) is 6.07 Å². The van der Waals surface area contributed by atoms with Crippen molar-refractivity contribution in [1.29, 1.82) is 0 Å². The molecule has 2 unspecified atom stereocenters. The minimum Gasteiger partial charge on any atom is -0.388 e. The standard InChI is InChI=1S/C17H21BrFN5O5/c1-8(2)17(13(26)7-20-9(3)25)14(27)24(16(29)22-17)23-15(28)21-12-5-4-10(18)6-11(12)19/h4-6,8,13,26H,7H2,1-3H3,(H,20,25)(H,22,29)(H2,21,23,28). The Kier molecular flexibility index (Phi) is 6.80. The Bertz CT molecular complexity index is 852. The van der Waals surface area contributed by atoms with E-state index in [0.29, 0.717) is 9.48 Å². The van der Waals surface area contributed by atoms with Crippen LogP contribution in [0.4, 0.5) is 19.7 Å². The fourth-order valence-corrected chi connectivity index (χ4v) is 3.24. The monoisotopic (exact) mass is 473 g/mol. The van der Waals surface area contributed by atoms with Gasteiger partial charge in [0.05, 0.1) is 5.69 Å². The summed E-state index contributed by atoms with van der Waals surface area (Å²) in [5, 5.41) is 17.9. The van der Waals surface area contributed by atoms with Crippen molar-refractivity contribution in [3.63, 3.8) is 0 Å². The Balaban J connectivity index is 2.17. The van der Waals surface area contributed by atoms with Gasteiger partial charge in [0.15, 0.2) is 5.54 Å². The molecule has 0 spiro atoms. The number of imide groups is 1. The number of nitrogens with one attached hydrogen (secondary N) is 4. The number of urea groups is 2. The Morgan fingerprint density at radius 2 is 2.00 bits per heavy atom. The number of aliphatic hydroxyl groups excluding tert-OH is 1. The van der Waals surface area contributed by atoms with Crippen molar-refractivity contribution in [3.05, 3.63) is 28.5 Å². The number of carbonyl (C=O) groups excluding carboxylic acids is 4. The summed E-state index contributed by atoms with van der Waals surface area (Å²) in [4.78, 5) is 48.5. The maximum Gasteiger partial charge on any atom is 0.344 e. The molecule has 0 radical (unpaired) electrons. The maximum absolute atomic E-state index is 13.9. The van der Waals surface area contributed by atoms with Crippen molar-refractivity contribution in [1.82, 2.24) is 21.1 Å². The molecule has 1 aromatic rings. The van der Waals surface area contributed by atoms with Gasteiger partial charge in [-0.1, -0.05) is 29.8 Å². The third-order valence-corrected chi connectivity index (χ3v) is 4.94. The summed E-state index contributed by atoms with van der Waals surface area (Å²) < 4.78 is 14.3. The van der Waals surface area contributed by atoms with Crippen LogP contribution in [0.3, 0.4) is 0 Å². The summed E-state index contributed by atoms with van der Waals surface area (Å²) in [6.07, 6.45) is -1.46. The van der Waals surface area contributed by atoms with Crippen LogP contribution in [0, 0.1) is 11.7 Å². The first-order chi connectivity index (χ1) is 13.5. The van der Waals surface area contributed by atoms with Gasteiger partial charge in [-0.15, -0.1) is 0 Å². The molecular weight excluding hydrogens is 453 g/mol. The molecule has 0 aliphatic carbocycles. The predicted molar refractivity (Wildman–Crippen MR) is 104 cm³/mol. The first kappa shape index (κ1) is 22.6. The van der Waals surface area contributed by atoms with E-state index in [9.17, 15) is 28.7 Å². The number of halogens is 2. The van der Waals surface area contributed by atoms with Crippen molar-refractivity contribution in [2.45, 2.75) is 32.4 Å². The smallest absolute Gasteiger partial charge is 0.344 e. The molecule has 1 aromatic carbocycles. The van der Waals surface area contributed by atoms with Crippen molar-refractivity contribution in [2.24, 2.45) is 5.92 Å². The highest BCUT2D eigenvalue weighted by Crippen LogP contribution is 2.29. The molecular formula is C17H21BrFN5O5. The van der Waals surface area contributed by atoms with E-state index in [1.54, 1.807) is 13.8 Å². The number of hydrazine groups is 1. The van der Waals surface area contributed by atoms with Crippen LogP contribution in [0.2, 0.25) is 0 Å². The number of carbonyl (C=O) groups is 4. The highest BCUT2D eigenvalue weighted by molar-refractivity contribution is 9.10. The second kappa shape index (κ2) is 8.74. The van der Waals surface area contributed by atoms with E-state index < -0.39 is 47.3 Å². The van der Waals surface area contributed by atoms with Crippen LogP contribution in [0.25, 0.3) is 0 Å². The van der Waals surface area contributed by atoms with Gasteiger partial charge in [0.2, 0.25) is 5.91 Å². The van der Waals surface area contributed by atoms with Crippen molar-refractivity contribution < 1.29 is 28.7 Å². The lowest BCUT2D eigenvalue weighted by Crippen LogP contribution is -2.63. The summed E-state index contributed by atoms with van der Waals surface area (Å²) in [7, 11) is 0. The van der Waals surface area contributed by atoms with Crippen molar-refractivity contribution in [2.75, 3.05) is 11.9 Å². The molecule has 0 bridgehead atoms. The lowest BCUT2D eigenvalue weighted by molar-refractivity contribution is -0.139. The normalized spacial score (nSPS) is 19.8. The average molecular weight is 474 g/mol. The number of rotatable bonds is 6. The maximum atomic E-state index is 13.9. The first-order valence-electron chi connectivity index (χ1n) is 8.61. The molecule has 0 saturated carbocycles. The van der Waals surface area contributed by atoms with E-state index in [-0.39, 0.29) is 12.2 Å². The Hall–Kier alpha value is -2.73. The van der Waals surface area contributed by atoms with Crippen molar-refractivity contribution in [3.8, 4) is 0 Å². The van der Waals surface area contributed by atoms with Gasteiger partial charge in [-0.2, -0.15) is 5.01 Å². The molecule has 1 heterocycles. The third-order valence-electron chi connectivity index (χ3n) is 4.45. The minimum atomic E-state index is -1.77. The molecule has 29 heavy (non-hydrogen) atoms. The molecule has 5 N–H and O–H groups in total. The van der Waals surface area contributed by atoms with Crippen LogP contribution >= 0.6 is 15.9 Å². The molecule has 2 rings (SSSR count). The predicted octanol–water partition coefficient (Wildman–Crippen LogP) is 1.07. The van der Waals surface area contributed by atoms with Gasteiger partial charge >= 0.3 is 12.1 Å². The van der Waals surface area contributed by atoms with Gasteiger partial charge in [-0.05, 0) is 24.1 Å². The second-order valence-electron chi connectivity index (χ2n) is 6.74. The largest absolute Gasteiger partial charge is 0.388 e. The number of amides is 6. The van der Waals surface area contributed by atoms with Crippen LogP contribution in [0.5, 0.6) is 0 Å². The summed E-state index contributed by atoms with van der Waals surface area (Å²) in [6, 6.07) is 1.91. The average Bonchev–Trinajstić information content (AvgIpc) is 2.87. The quantitative estimate of drug-likeness (QED) is 0.393. The molecule has 2 atom stereocenters. The number of hydrogen-bond acceptors (Lipinski definition) is 5. The topological polar surface area (TPSA) is 140 Å². The van der Waals surface area contributed by atoms with Gasteiger partial charge in [0, 0.05) is 17.9 Å². The highest BCUT2D eigenvalue weighted by Gasteiger charge is 2.58. The molecule has 1 aliphatic rings. The van der Waals surface area contributed by atoms with Gasteiger partial charge < -0.3 is 21.1 Å². The number of aliphatic hydroxyl groups is 1. The van der Waals surface area contributed by atoms with Crippen molar-refractivity contribution >= 4 is 45.5 Å². The number of hydrogen-bond donors (Lipinski definition) is 5. The first-order valence-corrected chi connectivity index (χ1v) is 9.40. The lowest BCUT2D eigenvalue weighted by atomic mass is 9.81. The Labute approximate surface area is 174 Å². The Morgan fingerprint density at radius 3 is 2.55 bits per heavy atom. The minimum absolute atomic E-state index is 0.168. The number of anilines is 1. The van der Waals surface area contributed by atoms with E-state index in [4.69, 9.17) is 0 Å². The van der Waals surface area contributed by atoms with Gasteiger partial charge in [0.1, 0.15) is 11.9 Å². The second-order valence-corrected chi connectivity index (χ2v) is 7.65. The summed E-state index contributed by atoms with van der Waals surface area (Å²) in [5.41, 5.74) is 0.107. The molecule has 10 nitrogen and oxygen atoms in total. The summed E-state index contributed by atoms with van der Waals surface area (Å²) in [5.74, 6) is -2.65. The molecule has 0 aromatic heterocycles. The zero-order chi connectivity index (χ0) is 21.9. The van der Waals surface area contributed by atoms with Crippen LogP contribution < -0.4 is 21.4 Å². The van der Waals surface area contributed by atoms with Gasteiger partial charge in [-0.25, -0.2) is 19.4 Å². The molecule has 1 fully saturated rings. The summed E-state index contributed by atoms with van der Waals surface area (Å²) >= 11 is 3.09. The van der Waals surface area contributed by atoms with Gasteiger partial charge in [0.25, 0.3) is 5.91 Å². The van der Waals surface area contributed by atoms with Crippen LogP contribution in [-0.4, -0.2) is 52.2 Å². The zero-order valence-electron chi connectivity index (χ0n) is 15.9. The lowest BCUT2D eigenvalue weighted by Gasteiger charge is -2.35. The van der Waals surface area contributed by atoms with E-state index in [1.165, 1.54) is 19.1 Å². The fourth-order valence-electron chi connectivity index (χ4n) is 2.91. The van der Waals surface area contributed by atoms with Crippen LogP contribution in [0.15, 0.2) is 22.7 Å². The molecule has 1 aliphatic heterocycles. The fraction of sp³-hybridized carbons (Fsp3) is 0.412. The summed E-state index contributed by atoms with van der Waals surface area (Å²) in [6.45, 7) is 4.14. The third kappa shape index (κ3) is 4.65. The number of nitrogens with zero attached hydrogens (tertiary/aromatic N) is 1. The molecule has 158 valence electrons. The van der Waals surface area contributed by atoms with E-state index in [2.05, 4.69) is 31.9 Å². The highest BCUT2D eigenvalue weighted by atomic mass is 79.9. The molecule has 6 amide bonds. The molecule has 12 heteroatoms. The van der Waals surface area contributed by atoms with Crippen LogP contribution in [0.1, 0.15) is 20.8 Å². The van der Waals surface area contributed by atoms with Crippen LogP contribution in [-0.2, 0) is 9.59 Å². The zero-order valence-corrected chi connectivity index (χ0v) is 17.5. The number of benzene rings is 1. The SMILES string of the molecule is CC(=O)NCC(O)C1(C(C)C)NC(=O)N(NC(=O)Nc2ccc(Br)cc2F)C1=O. The molecule has 1 saturated heterocycles. The van der Waals surface area contributed by atoms with E-state index in [1.807, 2.05) is 5.43 Å². The Morgan fingerprint density at radius 1 is 1.34 bits per heavy atom. The van der Waals surface area contributed by atoms with E-state index >= 15 is 0 Å². The van der Waals surface area contributed by atoms with Gasteiger partial charge in [-0.3, -0.25) is 9.59 Å².